The Kier molecular flexibility index (Phi) is 4.41. The second kappa shape index (κ2) is 5.59. The highest BCUT2D eigenvalue weighted by Crippen LogP contribution is 2.17. The van der Waals surface area contributed by atoms with Crippen molar-refractivity contribution in [2.24, 2.45) is 11.8 Å². The van der Waals surface area contributed by atoms with Crippen molar-refractivity contribution in [1.82, 2.24) is 0 Å². The molecule has 0 heterocycles. The molecule has 1 aromatic rings. The Labute approximate surface area is 96.7 Å². The maximum Gasteiger partial charge on any atom is 0.173 e. The van der Waals surface area contributed by atoms with Crippen LogP contribution in [0, 0.1) is 11.8 Å². The van der Waals surface area contributed by atoms with Gasteiger partial charge >= 0.3 is 0 Å². The van der Waals surface area contributed by atoms with Crippen LogP contribution in [0.15, 0.2) is 30.3 Å². The third-order valence-corrected chi connectivity index (χ3v) is 2.70. The second-order valence-corrected chi connectivity index (χ2v) is 4.25. The van der Waals surface area contributed by atoms with Gasteiger partial charge in [-0.05, 0) is 6.42 Å². The van der Waals surface area contributed by atoms with Gasteiger partial charge < -0.3 is 0 Å². The highest BCUT2D eigenvalue weighted by atomic mass is 16.2. The number of rotatable bonds is 5. The third kappa shape index (κ3) is 2.78. The van der Waals surface area contributed by atoms with Crippen LogP contribution in [-0.2, 0) is 4.79 Å². The van der Waals surface area contributed by atoms with Crippen molar-refractivity contribution in [2.75, 3.05) is 0 Å². The Bertz CT molecular complexity index is 366. The number of ketones is 2. The molecule has 0 amide bonds. The van der Waals surface area contributed by atoms with Crippen molar-refractivity contribution < 1.29 is 9.59 Å². The molecule has 0 radical (unpaired) electrons. The van der Waals surface area contributed by atoms with Crippen molar-refractivity contribution in [1.29, 1.82) is 0 Å². The monoisotopic (exact) mass is 218 g/mol. The first-order chi connectivity index (χ1) is 7.57. The predicted octanol–water partition coefficient (Wildman–Crippen LogP) is 3.12. The van der Waals surface area contributed by atoms with Crippen LogP contribution < -0.4 is 0 Å². The fourth-order valence-electron chi connectivity index (χ4n) is 1.72. The largest absolute Gasteiger partial charge is 0.299 e. The fraction of sp³-hybridized carbons (Fsp3) is 0.429. The van der Waals surface area contributed by atoms with Crippen LogP contribution in [0.1, 0.15) is 37.6 Å². The molecule has 1 unspecified atom stereocenters. The summed E-state index contributed by atoms with van der Waals surface area (Å²) in [7, 11) is 0. The van der Waals surface area contributed by atoms with Gasteiger partial charge in [0.15, 0.2) is 5.78 Å². The molecule has 1 rings (SSSR count). The van der Waals surface area contributed by atoms with E-state index in [1.807, 2.05) is 39.0 Å². The van der Waals surface area contributed by atoms with E-state index in [2.05, 4.69) is 0 Å². The Balaban J connectivity index is 2.91. The molecule has 0 aromatic heterocycles. The summed E-state index contributed by atoms with van der Waals surface area (Å²) in [6.45, 7) is 5.55. The van der Waals surface area contributed by atoms with E-state index in [-0.39, 0.29) is 17.5 Å². The molecule has 86 valence electrons. The summed E-state index contributed by atoms with van der Waals surface area (Å²) < 4.78 is 0. The molecule has 2 heteroatoms. The molecule has 0 aliphatic carbocycles. The van der Waals surface area contributed by atoms with E-state index >= 15 is 0 Å². The van der Waals surface area contributed by atoms with E-state index in [1.165, 1.54) is 0 Å². The molecule has 1 aromatic carbocycles. The Morgan fingerprint density at radius 2 is 1.69 bits per heavy atom. The molecular formula is C14H18O2. The highest BCUT2D eigenvalue weighted by molar-refractivity contribution is 6.11. The van der Waals surface area contributed by atoms with Crippen LogP contribution in [0.25, 0.3) is 0 Å². The smallest absolute Gasteiger partial charge is 0.173 e. The SMILES string of the molecule is CCC(C(=O)c1ccccc1)C(=O)C(C)C. The van der Waals surface area contributed by atoms with Gasteiger partial charge in [0.25, 0.3) is 0 Å². The van der Waals surface area contributed by atoms with E-state index < -0.39 is 5.92 Å². The number of carbonyl (C=O) groups is 2. The molecule has 0 bridgehead atoms. The fourth-order valence-corrected chi connectivity index (χ4v) is 1.72. The van der Waals surface area contributed by atoms with Gasteiger partial charge in [-0.15, -0.1) is 0 Å². The number of hydrogen-bond donors (Lipinski definition) is 0. The van der Waals surface area contributed by atoms with Gasteiger partial charge in [-0.1, -0.05) is 51.1 Å². The lowest BCUT2D eigenvalue weighted by Crippen LogP contribution is -2.27. The summed E-state index contributed by atoms with van der Waals surface area (Å²) in [4.78, 5) is 24.0. The van der Waals surface area contributed by atoms with Gasteiger partial charge in [0.05, 0.1) is 5.92 Å². The van der Waals surface area contributed by atoms with Gasteiger partial charge in [0.2, 0.25) is 0 Å². The average molecular weight is 218 g/mol. The Morgan fingerprint density at radius 3 is 2.12 bits per heavy atom. The standard InChI is InChI=1S/C14H18O2/c1-4-12(13(15)10(2)3)14(16)11-8-6-5-7-9-11/h5-10,12H,4H2,1-3H3. The summed E-state index contributed by atoms with van der Waals surface area (Å²) in [5.41, 5.74) is 0.628. The molecule has 0 N–H and O–H groups in total. The quantitative estimate of drug-likeness (QED) is 0.562. The molecule has 0 spiro atoms. The number of hydrogen-bond acceptors (Lipinski definition) is 2. The average Bonchev–Trinajstić information content (AvgIpc) is 2.30. The molecule has 0 saturated carbocycles. The van der Waals surface area contributed by atoms with Gasteiger partial charge in [0.1, 0.15) is 5.78 Å². The number of Topliss-reactive ketones (excluding diaryl/α,β-unsaturated/α-hetero) is 2. The minimum absolute atomic E-state index is 0.0383. The molecule has 2 nitrogen and oxygen atoms in total. The van der Waals surface area contributed by atoms with Crippen LogP contribution in [0.5, 0.6) is 0 Å². The minimum Gasteiger partial charge on any atom is -0.299 e. The van der Waals surface area contributed by atoms with E-state index in [4.69, 9.17) is 0 Å². The summed E-state index contributed by atoms with van der Waals surface area (Å²) in [5, 5.41) is 0. The van der Waals surface area contributed by atoms with Gasteiger partial charge in [-0.2, -0.15) is 0 Å². The lowest BCUT2D eigenvalue weighted by Gasteiger charge is -2.14. The third-order valence-electron chi connectivity index (χ3n) is 2.70. The Hall–Kier alpha value is -1.44. The molecule has 1 atom stereocenters. The van der Waals surface area contributed by atoms with Crippen LogP contribution in [-0.4, -0.2) is 11.6 Å². The summed E-state index contributed by atoms with van der Waals surface area (Å²) in [5.74, 6) is -0.585. The normalized spacial score (nSPS) is 12.5. The maximum atomic E-state index is 12.1. The van der Waals surface area contributed by atoms with Crippen LogP contribution in [0.3, 0.4) is 0 Å². The zero-order chi connectivity index (χ0) is 12.1. The maximum absolute atomic E-state index is 12.1. The van der Waals surface area contributed by atoms with Crippen LogP contribution in [0.2, 0.25) is 0 Å². The van der Waals surface area contributed by atoms with Gasteiger partial charge in [0, 0.05) is 11.5 Å². The van der Waals surface area contributed by atoms with E-state index in [0.717, 1.165) is 0 Å². The molecular weight excluding hydrogens is 200 g/mol. The zero-order valence-electron chi connectivity index (χ0n) is 10.1. The lowest BCUT2D eigenvalue weighted by atomic mass is 9.86. The number of benzene rings is 1. The van der Waals surface area contributed by atoms with Crippen LogP contribution in [0.4, 0.5) is 0 Å². The summed E-state index contributed by atoms with van der Waals surface area (Å²) in [6.07, 6.45) is 0.574. The van der Waals surface area contributed by atoms with Crippen molar-refractivity contribution in [3.05, 3.63) is 35.9 Å². The summed E-state index contributed by atoms with van der Waals surface area (Å²) >= 11 is 0. The first-order valence-corrected chi connectivity index (χ1v) is 5.71. The number of carbonyl (C=O) groups excluding carboxylic acids is 2. The zero-order valence-corrected chi connectivity index (χ0v) is 10.1. The van der Waals surface area contributed by atoms with Crippen molar-refractivity contribution in [2.45, 2.75) is 27.2 Å². The minimum atomic E-state index is -0.484. The van der Waals surface area contributed by atoms with Crippen molar-refractivity contribution >= 4 is 11.6 Å². The Morgan fingerprint density at radius 1 is 1.12 bits per heavy atom. The molecule has 0 saturated heterocycles. The molecule has 0 aliphatic heterocycles. The highest BCUT2D eigenvalue weighted by Gasteiger charge is 2.27. The second-order valence-electron chi connectivity index (χ2n) is 4.25. The molecule has 0 fully saturated rings. The van der Waals surface area contributed by atoms with E-state index in [9.17, 15) is 9.59 Å². The van der Waals surface area contributed by atoms with Gasteiger partial charge in [-0.3, -0.25) is 9.59 Å². The first-order valence-electron chi connectivity index (χ1n) is 5.71. The topological polar surface area (TPSA) is 34.1 Å². The molecule has 16 heavy (non-hydrogen) atoms. The van der Waals surface area contributed by atoms with Crippen molar-refractivity contribution in [3.8, 4) is 0 Å². The lowest BCUT2D eigenvalue weighted by molar-refractivity contribution is -0.124. The van der Waals surface area contributed by atoms with E-state index in [1.54, 1.807) is 12.1 Å². The van der Waals surface area contributed by atoms with Gasteiger partial charge in [-0.25, -0.2) is 0 Å². The van der Waals surface area contributed by atoms with Crippen molar-refractivity contribution in [3.63, 3.8) is 0 Å². The molecule has 0 aliphatic rings. The summed E-state index contributed by atoms with van der Waals surface area (Å²) in [6, 6.07) is 9.03. The van der Waals surface area contributed by atoms with E-state index in [0.29, 0.717) is 12.0 Å². The first kappa shape index (κ1) is 12.6. The van der Waals surface area contributed by atoms with Crippen LogP contribution >= 0.6 is 0 Å². The predicted molar refractivity (Wildman–Crippen MR) is 64.4 cm³/mol.